The Hall–Kier alpha value is -1.36. The highest BCUT2D eigenvalue weighted by atomic mass is 32.1. The molecular formula is C13H17N3OS. The highest BCUT2D eigenvalue weighted by Crippen LogP contribution is 2.33. The molecule has 2 heterocycles. The fraction of sp³-hybridized carbons (Fsp3) is 0.538. The van der Waals surface area contributed by atoms with Crippen LogP contribution in [0.2, 0.25) is 0 Å². The minimum absolute atomic E-state index is 0.0668. The van der Waals surface area contributed by atoms with Crippen LogP contribution in [-0.4, -0.2) is 9.66 Å². The Labute approximate surface area is 109 Å². The summed E-state index contributed by atoms with van der Waals surface area (Å²) in [6.07, 6.45) is 6.17. The second-order valence-corrected chi connectivity index (χ2v) is 5.93. The Kier molecular flexibility index (Phi) is 2.86. The molecule has 1 aliphatic carbocycles. The summed E-state index contributed by atoms with van der Waals surface area (Å²) in [5.74, 6) is 6.58. The third kappa shape index (κ3) is 1.65. The molecule has 0 atom stereocenters. The van der Waals surface area contributed by atoms with Crippen LogP contribution in [0.15, 0.2) is 4.79 Å². The van der Waals surface area contributed by atoms with Gasteiger partial charge >= 0.3 is 0 Å². The summed E-state index contributed by atoms with van der Waals surface area (Å²) in [7, 11) is 0. The van der Waals surface area contributed by atoms with Crippen LogP contribution in [-0.2, 0) is 19.3 Å². The van der Waals surface area contributed by atoms with Crippen LogP contribution in [0.3, 0.4) is 0 Å². The van der Waals surface area contributed by atoms with Crippen molar-refractivity contribution in [2.75, 3.05) is 5.84 Å². The molecule has 5 heteroatoms. The number of aromatic nitrogens is 2. The third-order valence-corrected chi connectivity index (χ3v) is 4.75. The number of nitrogen functional groups attached to an aromatic ring is 1. The SMILES string of the molecule is CCCc1nc2sc3c(c2c(=O)n1N)CCCC3. The monoisotopic (exact) mass is 263 g/mol. The lowest BCUT2D eigenvalue weighted by Crippen LogP contribution is -2.31. The van der Waals surface area contributed by atoms with Gasteiger partial charge in [0.05, 0.1) is 5.39 Å². The first kappa shape index (κ1) is 11.7. The third-order valence-electron chi connectivity index (χ3n) is 3.57. The average Bonchev–Trinajstić information content (AvgIpc) is 2.74. The largest absolute Gasteiger partial charge is 0.335 e. The van der Waals surface area contributed by atoms with Crippen LogP contribution >= 0.6 is 11.3 Å². The van der Waals surface area contributed by atoms with Crippen LogP contribution < -0.4 is 11.4 Å². The van der Waals surface area contributed by atoms with Crippen LogP contribution in [0.25, 0.3) is 10.2 Å². The van der Waals surface area contributed by atoms with Crippen molar-refractivity contribution in [2.24, 2.45) is 0 Å². The molecule has 0 saturated carbocycles. The van der Waals surface area contributed by atoms with Crippen molar-refractivity contribution in [2.45, 2.75) is 45.4 Å². The van der Waals surface area contributed by atoms with E-state index in [9.17, 15) is 4.79 Å². The first-order chi connectivity index (χ1) is 8.72. The van der Waals surface area contributed by atoms with Gasteiger partial charge in [0, 0.05) is 11.3 Å². The number of hydrogen-bond acceptors (Lipinski definition) is 4. The summed E-state index contributed by atoms with van der Waals surface area (Å²) >= 11 is 1.68. The molecule has 0 fully saturated rings. The number of hydrogen-bond donors (Lipinski definition) is 1. The van der Waals surface area contributed by atoms with E-state index in [0.717, 1.165) is 35.9 Å². The lowest BCUT2D eigenvalue weighted by Gasteiger charge is -2.10. The van der Waals surface area contributed by atoms with Gasteiger partial charge in [-0.15, -0.1) is 11.3 Å². The van der Waals surface area contributed by atoms with E-state index in [1.807, 2.05) is 0 Å². The highest BCUT2D eigenvalue weighted by Gasteiger charge is 2.21. The van der Waals surface area contributed by atoms with Gasteiger partial charge in [0.1, 0.15) is 10.7 Å². The molecule has 4 nitrogen and oxygen atoms in total. The minimum atomic E-state index is -0.0668. The van der Waals surface area contributed by atoms with Crippen molar-refractivity contribution < 1.29 is 0 Å². The minimum Gasteiger partial charge on any atom is -0.335 e. The summed E-state index contributed by atoms with van der Waals surface area (Å²) in [5.41, 5.74) is 1.14. The number of nitrogens with two attached hydrogens (primary N) is 1. The molecule has 2 N–H and O–H groups in total. The number of thiophene rings is 1. The quantitative estimate of drug-likeness (QED) is 0.843. The van der Waals surface area contributed by atoms with Gasteiger partial charge in [-0.2, -0.15) is 0 Å². The van der Waals surface area contributed by atoms with E-state index >= 15 is 0 Å². The van der Waals surface area contributed by atoms with Crippen LogP contribution in [0.1, 0.15) is 42.5 Å². The van der Waals surface area contributed by atoms with Crippen LogP contribution in [0, 0.1) is 0 Å². The molecule has 18 heavy (non-hydrogen) atoms. The molecule has 0 saturated heterocycles. The molecule has 0 bridgehead atoms. The highest BCUT2D eigenvalue weighted by molar-refractivity contribution is 7.18. The lowest BCUT2D eigenvalue weighted by atomic mass is 9.97. The zero-order valence-corrected chi connectivity index (χ0v) is 11.3. The molecule has 0 unspecified atom stereocenters. The predicted molar refractivity (Wildman–Crippen MR) is 74.7 cm³/mol. The predicted octanol–water partition coefficient (Wildman–Crippen LogP) is 2.00. The molecule has 0 radical (unpaired) electrons. The van der Waals surface area contributed by atoms with E-state index in [0.29, 0.717) is 5.82 Å². The first-order valence-corrected chi connectivity index (χ1v) is 7.35. The van der Waals surface area contributed by atoms with E-state index < -0.39 is 0 Å². The van der Waals surface area contributed by atoms with Gasteiger partial charge in [0.15, 0.2) is 0 Å². The van der Waals surface area contributed by atoms with Crippen molar-refractivity contribution >= 4 is 21.6 Å². The van der Waals surface area contributed by atoms with Crippen molar-refractivity contribution in [3.63, 3.8) is 0 Å². The fourth-order valence-corrected chi connectivity index (χ4v) is 3.93. The molecule has 3 rings (SSSR count). The number of rotatable bonds is 2. The van der Waals surface area contributed by atoms with Gasteiger partial charge in [0.25, 0.3) is 5.56 Å². The Morgan fingerprint density at radius 3 is 2.94 bits per heavy atom. The van der Waals surface area contributed by atoms with Crippen LogP contribution in [0.4, 0.5) is 0 Å². The topological polar surface area (TPSA) is 60.9 Å². The fourth-order valence-electron chi connectivity index (χ4n) is 2.66. The summed E-state index contributed by atoms with van der Waals surface area (Å²) < 4.78 is 1.24. The summed E-state index contributed by atoms with van der Waals surface area (Å²) in [4.78, 5) is 19.2. The summed E-state index contributed by atoms with van der Waals surface area (Å²) in [6, 6.07) is 0. The lowest BCUT2D eigenvalue weighted by molar-refractivity contribution is 0.698. The van der Waals surface area contributed by atoms with E-state index in [1.165, 1.54) is 28.0 Å². The zero-order chi connectivity index (χ0) is 12.7. The zero-order valence-electron chi connectivity index (χ0n) is 10.5. The molecule has 1 aliphatic rings. The maximum atomic E-state index is 12.4. The molecule has 0 aromatic carbocycles. The summed E-state index contributed by atoms with van der Waals surface area (Å²) in [6.45, 7) is 2.07. The van der Waals surface area contributed by atoms with E-state index in [2.05, 4.69) is 11.9 Å². The molecule has 0 spiro atoms. The van der Waals surface area contributed by atoms with E-state index in [-0.39, 0.29) is 5.56 Å². The second kappa shape index (κ2) is 4.39. The van der Waals surface area contributed by atoms with Gasteiger partial charge in [-0.25, -0.2) is 9.66 Å². The molecule has 2 aromatic heterocycles. The molecule has 2 aromatic rings. The van der Waals surface area contributed by atoms with Gasteiger partial charge in [-0.1, -0.05) is 6.92 Å². The van der Waals surface area contributed by atoms with Crippen molar-refractivity contribution in [3.05, 3.63) is 26.6 Å². The van der Waals surface area contributed by atoms with Gasteiger partial charge in [-0.3, -0.25) is 4.79 Å². The maximum absolute atomic E-state index is 12.4. The van der Waals surface area contributed by atoms with Crippen molar-refractivity contribution in [1.82, 2.24) is 9.66 Å². The standard InChI is InChI=1S/C13H17N3OS/c1-2-5-10-15-12-11(13(17)16(10)14)8-6-3-4-7-9(8)18-12/h2-7,14H2,1H3. The Balaban J connectivity index is 2.30. The van der Waals surface area contributed by atoms with Crippen molar-refractivity contribution in [3.8, 4) is 0 Å². The average molecular weight is 263 g/mol. The Morgan fingerprint density at radius 2 is 2.17 bits per heavy atom. The maximum Gasteiger partial charge on any atom is 0.280 e. The van der Waals surface area contributed by atoms with E-state index in [1.54, 1.807) is 11.3 Å². The Morgan fingerprint density at radius 1 is 1.39 bits per heavy atom. The number of aryl methyl sites for hydroxylation is 3. The summed E-state index contributed by atoms with van der Waals surface area (Å²) in [5, 5.41) is 0.775. The number of nitrogens with zero attached hydrogens (tertiary/aromatic N) is 2. The second-order valence-electron chi connectivity index (χ2n) is 4.84. The van der Waals surface area contributed by atoms with Gasteiger partial charge < -0.3 is 5.84 Å². The van der Waals surface area contributed by atoms with E-state index in [4.69, 9.17) is 5.84 Å². The van der Waals surface area contributed by atoms with Gasteiger partial charge in [0.2, 0.25) is 0 Å². The smallest absolute Gasteiger partial charge is 0.280 e. The van der Waals surface area contributed by atoms with Crippen molar-refractivity contribution in [1.29, 1.82) is 0 Å². The Bertz CT molecular complexity index is 656. The molecule has 0 amide bonds. The first-order valence-electron chi connectivity index (χ1n) is 6.53. The normalized spacial score (nSPS) is 14.9. The molecule has 0 aliphatic heterocycles. The van der Waals surface area contributed by atoms with Gasteiger partial charge in [-0.05, 0) is 37.7 Å². The van der Waals surface area contributed by atoms with Crippen LogP contribution in [0.5, 0.6) is 0 Å². The number of fused-ring (bicyclic) bond motifs is 3. The molecule has 96 valence electrons. The molecular weight excluding hydrogens is 246 g/mol.